The fraction of sp³-hybridized carbons (Fsp3) is 0.118. The van der Waals surface area contributed by atoms with Gasteiger partial charge >= 0.3 is 0 Å². The van der Waals surface area contributed by atoms with Gasteiger partial charge in [0.05, 0.1) is 12.7 Å². The number of hydrogen-bond acceptors (Lipinski definition) is 4. The first-order valence-corrected chi connectivity index (χ1v) is 7.53. The molecule has 3 N–H and O–H groups in total. The van der Waals surface area contributed by atoms with Crippen LogP contribution in [0.15, 0.2) is 48.5 Å². The second-order valence-electron chi connectivity index (χ2n) is 4.87. The molecule has 24 heavy (non-hydrogen) atoms. The Balaban J connectivity index is 2.03. The number of ether oxygens (including phenoxy) is 1. The molecule has 6 nitrogen and oxygen atoms in total. The summed E-state index contributed by atoms with van der Waals surface area (Å²) in [6, 6.07) is 13.9. The Labute approximate surface area is 145 Å². The van der Waals surface area contributed by atoms with Gasteiger partial charge in [0, 0.05) is 18.3 Å². The fourth-order valence-electron chi connectivity index (χ4n) is 2.04. The summed E-state index contributed by atoms with van der Waals surface area (Å²) in [6.45, 7) is 1.43. The number of carbonyl (C=O) groups excluding carboxylic acids is 2. The molecule has 124 valence electrons. The normalized spacial score (nSPS) is 9.75. The van der Waals surface area contributed by atoms with Crippen molar-refractivity contribution in [1.29, 1.82) is 0 Å². The molecular formula is C17H17N3O3S. The summed E-state index contributed by atoms with van der Waals surface area (Å²) in [7, 11) is 1.50. The maximum absolute atomic E-state index is 12.3. The molecule has 0 saturated heterocycles. The molecule has 0 atom stereocenters. The largest absolute Gasteiger partial charge is 0.496 e. The van der Waals surface area contributed by atoms with E-state index in [1.807, 2.05) is 0 Å². The molecule has 0 aliphatic heterocycles. The van der Waals surface area contributed by atoms with E-state index in [4.69, 9.17) is 17.0 Å². The minimum atomic E-state index is -0.372. The van der Waals surface area contributed by atoms with Crippen molar-refractivity contribution in [2.24, 2.45) is 0 Å². The van der Waals surface area contributed by atoms with Crippen molar-refractivity contribution in [2.45, 2.75) is 6.92 Å². The van der Waals surface area contributed by atoms with Crippen LogP contribution >= 0.6 is 12.2 Å². The maximum atomic E-state index is 12.3. The van der Waals surface area contributed by atoms with Gasteiger partial charge in [0.1, 0.15) is 5.75 Å². The number of methoxy groups -OCH3 is 1. The van der Waals surface area contributed by atoms with Gasteiger partial charge in [0.2, 0.25) is 5.91 Å². The summed E-state index contributed by atoms with van der Waals surface area (Å²) in [4.78, 5) is 23.3. The molecule has 0 heterocycles. The van der Waals surface area contributed by atoms with E-state index in [-0.39, 0.29) is 16.9 Å². The molecule has 0 radical (unpaired) electrons. The lowest BCUT2D eigenvalue weighted by molar-refractivity contribution is -0.114. The maximum Gasteiger partial charge on any atom is 0.261 e. The van der Waals surface area contributed by atoms with E-state index in [1.165, 1.54) is 14.0 Å². The molecule has 2 amide bonds. The van der Waals surface area contributed by atoms with Gasteiger partial charge in [-0.1, -0.05) is 18.2 Å². The molecule has 0 aliphatic rings. The van der Waals surface area contributed by atoms with Gasteiger partial charge in [-0.2, -0.15) is 0 Å². The van der Waals surface area contributed by atoms with Crippen molar-refractivity contribution in [1.82, 2.24) is 5.32 Å². The van der Waals surface area contributed by atoms with Gasteiger partial charge in [0.15, 0.2) is 5.11 Å². The highest BCUT2D eigenvalue weighted by molar-refractivity contribution is 7.80. The van der Waals surface area contributed by atoms with Crippen LogP contribution in [-0.2, 0) is 4.79 Å². The zero-order valence-electron chi connectivity index (χ0n) is 13.3. The van der Waals surface area contributed by atoms with Gasteiger partial charge in [-0.15, -0.1) is 0 Å². The molecule has 2 aromatic carbocycles. The Morgan fingerprint density at radius 1 is 1.00 bits per heavy atom. The predicted molar refractivity (Wildman–Crippen MR) is 97.4 cm³/mol. The van der Waals surface area contributed by atoms with E-state index >= 15 is 0 Å². The number of benzene rings is 2. The lowest BCUT2D eigenvalue weighted by Gasteiger charge is -2.12. The highest BCUT2D eigenvalue weighted by atomic mass is 32.1. The van der Waals surface area contributed by atoms with Gasteiger partial charge in [0.25, 0.3) is 5.91 Å². The van der Waals surface area contributed by atoms with E-state index in [0.717, 1.165) is 0 Å². The number of amides is 2. The fourth-order valence-corrected chi connectivity index (χ4v) is 2.25. The minimum Gasteiger partial charge on any atom is -0.496 e. The number of para-hydroxylation sites is 1. The second-order valence-corrected chi connectivity index (χ2v) is 5.28. The number of anilines is 2. The van der Waals surface area contributed by atoms with Crippen LogP contribution in [0.3, 0.4) is 0 Å². The Hall–Kier alpha value is -2.93. The number of carbonyl (C=O) groups is 2. The lowest BCUT2D eigenvalue weighted by Crippen LogP contribution is -2.34. The monoisotopic (exact) mass is 343 g/mol. The van der Waals surface area contributed by atoms with E-state index in [0.29, 0.717) is 22.7 Å². The summed E-state index contributed by atoms with van der Waals surface area (Å²) in [5, 5.41) is 8.31. The van der Waals surface area contributed by atoms with E-state index in [1.54, 1.807) is 48.5 Å². The van der Waals surface area contributed by atoms with Crippen molar-refractivity contribution in [3.63, 3.8) is 0 Å². The zero-order valence-corrected chi connectivity index (χ0v) is 14.1. The van der Waals surface area contributed by atoms with Crippen molar-refractivity contribution >= 4 is 40.5 Å². The average Bonchev–Trinajstić information content (AvgIpc) is 2.54. The summed E-state index contributed by atoms with van der Waals surface area (Å²) >= 11 is 5.15. The third-order valence-corrected chi connectivity index (χ3v) is 3.22. The molecule has 0 bridgehead atoms. The molecule has 0 unspecified atom stereocenters. The van der Waals surface area contributed by atoms with Gasteiger partial charge in [-0.25, -0.2) is 0 Å². The second kappa shape index (κ2) is 8.07. The van der Waals surface area contributed by atoms with Crippen LogP contribution in [-0.4, -0.2) is 24.0 Å². The van der Waals surface area contributed by atoms with Gasteiger partial charge < -0.3 is 15.4 Å². The standard InChI is InChI=1S/C17H17N3O3S/c1-11(21)18-12-6-5-7-13(10-12)19-17(24)20-16(22)14-8-3-4-9-15(14)23-2/h3-10H,1-2H3,(H,18,21)(H2,19,20,22,24). The lowest BCUT2D eigenvalue weighted by atomic mass is 10.2. The van der Waals surface area contributed by atoms with Crippen molar-refractivity contribution in [3.8, 4) is 5.75 Å². The van der Waals surface area contributed by atoms with Gasteiger partial charge in [-0.05, 0) is 42.5 Å². The SMILES string of the molecule is COc1ccccc1C(=O)NC(=S)Nc1cccc(NC(C)=O)c1. The molecule has 0 aliphatic carbocycles. The van der Waals surface area contributed by atoms with Crippen molar-refractivity contribution in [3.05, 3.63) is 54.1 Å². The predicted octanol–water partition coefficient (Wildman–Crippen LogP) is 2.78. The first-order chi connectivity index (χ1) is 11.5. The summed E-state index contributed by atoms with van der Waals surface area (Å²) in [5.41, 5.74) is 1.66. The Kier molecular flexibility index (Phi) is 5.86. The highest BCUT2D eigenvalue weighted by Crippen LogP contribution is 2.17. The topological polar surface area (TPSA) is 79.5 Å². The highest BCUT2D eigenvalue weighted by Gasteiger charge is 2.12. The summed E-state index contributed by atoms with van der Waals surface area (Å²) < 4.78 is 5.15. The first kappa shape index (κ1) is 17.4. The van der Waals surface area contributed by atoms with Crippen molar-refractivity contribution < 1.29 is 14.3 Å². The molecule has 0 spiro atoms. The minimum absolute atomic E-state index is 0.144. The van der Waals surface area contributed by atoms with Crippen LogP contribution in [0, 0.1) is 0 Å². The van der Waals surface area contributed by atoms with Gasteiger partial charge in [-0.3, -0.25) is 14.9 Å². The first-order valence-electron chi connectivity index (χ1n) is 7.12. The Morgan fingerprint density at radius 2 is 1.67 bits per heavy atom. The Morgan fingerprint density at radius 3 is 2.33 bits per heavy atom. The molecular weight excluding hydrogens is 326 g/mol. The molecule has 7 heteroatoms. The van der Waals surface area contributed by atoms with Crippen LogP contribution < -0.4 is 20.7 Å². The molecule has 0 saturated carbocycles. The Bertz CT molecular complexity index is 777. The van der Waals surface area contributed by atoms with Crippen molar-refractivity contribution in [2.75, 3.05) is 17.7 Å². The molecule has 0 fully saturated rings. The number of hydrogen-bond donors (Lipinski definition) is 3. The smallest absolute Gasteiger partial charge is 0.261 e. The van der Waals surface area contributed by atoms with Crippen LogP contribution in [0.2, 0.25) is 0 Å². The summed E-state index contributed by atoms with van der Waals surface area (Å²) in [6.07, 6.45) is 0. The summed E-state index contributed by atoms with van der Waals surface area (Å²) in [5.74, 6) is -0.0763. The average molecular weight is 343 g/mol. The molecule has 2 aromatic rings. The third kappa shape index (κ3) is 4.79. The zero-order chi connectivity index (χ0) is 17.5. The molecule has 0 aromatic heterocycles. The quantitative estimate of drug-likeness (QED) is 0.744. The van der Waals surface area contributed by atoms with Crippen LogP contribution in [0.1, 0.15) is 17.3 Å². The van der Waals surface area contributed by atoms with Crippen LogP contribution in [0.25, 0.3) is 0 Å². The van der Waals surface area contributed by atoms with Crippen LogP contribution in [0.5, 0.6) is 5.75 Å². The third-order valence-electron chi connectivity index (χ3n) is 3.02. The number of thiocarbonyl (C=S) groups is 1. The van der Waals surface area contributed by atoms with E-state index in [2.05, 4.69) is 16.0 Å². The van der Waals surface area contributed by atoms with E-state index < -0.39 is 0 Å². The number of nitrogens with one attached hydrogen (secondary N) is 3. The van der Waals surface area contributed by atoms with E-state index in [9.17, 15) is 9.59 Å². The van der Waals surface area contributed by atoms with Crippen LogP contribution in [0.4, 0.5) is 11.4 Å². The molecule has 2 rings (SSSR count). The number of rotatable bonds is 4.